The molecule has 128 valence electrons. The van der Waals surface area contributed by atoms with Crippen LogP contribution in [0.25, 0.3) is 0 Å². The Hall–Kier alpha value is -2.20. The number of halogens is 1. The summed E-state index contributed by atoms with van der Waals surface area (Å²) in [6, 6.07) is 14.8. The SMILES string of the molecule is CCN(C(=O)CCNCCc1ccccc1F)c1cccc(C)c1. The maximum absolute atomic E-state index is 13.5. The average Bonchev–Trinajstić information content (AvgIpc) is 2.57. The van der Waals surface area contributed by atoms with Gasteiger partial charge in [0.05, 0.1) is 0 Å². The predicted molar refractivity (Wildman–Crippen MR) is 96.8 cm³/mol. The van der Waals surface area contributed by atoms with Crippen LogP contribution in [0.3, 0.4) is 0 Å². The molecule has 2 rings (SSSR count). The van der Waals surface area contributed by atoms with Crippen LogP contribution in [0.5, 0.6) is 0 Å². The monoisotopic (exact) mass is 328 g/mol. The summed E-state index contributed by atoms with van der Waals surface area (Å²) >= 11 is 0. The molecule has 0 radical (unpaired) electrons. The van der Waals surface area contributed by atoms with Gasteiger partial charge in [0, 0.05) is 25.2 Å². The number of hydrogen-bond acceptors (Lipinski definition) is 2. The van der Waals surface area contributed by atoms with E-state index in [2.05, 4.69) is 5.32 Å². The Balaban J connectivity index is 1.77. The highest BCUT2D eigenvalue weighted by molar-refractivity contribution is 5.93. The fourth-order valence-corrected chi connectivity index (χ4v) is 2.68. The molecule has 2 aromatic rings. The van der Waals surface area contributed by atoms with Crippen LogP contribution in [0.1, 0.15) is 24.5 Å². The van der Waals surface area contributed by atoms with Crippen LogP contribution in [0.4, 0.5) is 10.1 Å². The molecule has 3 nitrogen and oxygen atoms in total. The zero-order chi connectivity index (χ0) is 17.4. The Morgan fingerprint density at radius 3 is 2.62 bits per heavy atom. The third kappa shape index (κ3) is 5.17. The lowest BCUT2D eigenvalue weighted by Crippen LogP contribution is -2.33. The van der Waals surface area contributed by atoms with Crippen molar-refractivity contribution in [1.29, 1.82) is 0 Å². The molecule has 0 aliphatic carbocycles. The number of hydrogen-bond donors (Lipinski definition) is 1. The summed E-state index contributed by atoms with van der Waals surface area (Å²) < 4.78 is 13.5. The third-order valence-electron chi connectivity index (χ3n) is 3.98. The molecule has 0 heterocycles. The first-order valence-electron chi connectivity index (χ1n) is 8.43. The quantitative estimate of drug-likeness (QED) is 0.749. The second kappa shape index (κ2) is 9.18. The zero-order valence-electron chi connectivity index (χ0n) is 14.4. The van der Waals surface area contributed by atoms with Gasteiger partial charge in [0.2, 0.25) is 5.91 Å². The van der Waals surface area contributed by atoms with Crippen molar-refractivity contribution in [1.82, 2.24) is 5.32 Å². The van der Waals surface area contributed by atoms with Crippen molar-refractivity contribution in [3.63, 3.8) is 0 Å². The van der Waals surface area contributed by atoms with E-state index in [4.69, 9.17) is 0 Å². The second-order valence-corrected chi connectivity index (χ2v) is 5.82. The number of benzene rings is 2. The molecular weight excluding hydrogens is 303 g/mol. The van der Waals surface area contributed by atoms with Crippen LogP contribution in [0.2, 0.25) is 0 Å². The van der Waals surface area contributed by atoms with Gasteiger partial charge in [-0.2, -0.15) is 0 Å². The molecule has 0 aliphatic heterocycles. The summed E-state index contributed by atoms with van der Waals surface area (Å²) in [6.45, 7) is 5.90. The lowest BCUT2D eigenvalue weighted by atomic mass is 10.1. The summed E-state index contributed by atoms with van der Waals surface area (Å²) in [4.78, 5) is 14.2. The van der Waals surface area contributed by atoms with Crippen LogP contribution in [-0.4, -0.2) is 25.5 Å². The van der Waals surface area contributed by atoms with E-state index in [0.717, 1.165) is 11.3 Å². The fraction of sp³-hybridized carbons (Fsp3) is 0.350. The van der Waals surface area contributed by atoms with Crippen molar-refractivity contribution in [3.8, 4) is 0 Å². The van der Waals surface area contributed by atoms with E-state index in [1.807, 2.05) is 44.2 Å². The average molecular weight is 328 g/mol. The summed E-state index contributed by atoms with van der Waals surface area (Å²) in [7, 11) is 0. The Kier molecular flexibility index (Phi) is 6.94. The topological polar surface area (TPSA) is 32.3 Å². The van der Waals surface area contributed by atoms with Crippen molar-refractivity contribution in [2.24, 2.45) is 0 Å². The van der Waals surface area contributed by atoms with Gasteiger partial charge >= 0.3 is 0 Å². The number of aryl methyl sites for hydroxylation is 1. The van der Waals surface area contributed by atoms with Gasteiger partial charge < -0.3 is 10.2 Å². The molecule has 1 amide bonds. The van der Waals surface area contributed by atoms with E-state index in [9.17, 15) is 9.18 Å². The molecular formula is C20H25FN2O. The number of nitrogens with one attached hydrogen (secondary N) is 1. The highest BCUT2D eigenvalue weighted by atomic mass is 19.1. The number of nitrogens with zero attached hydrogens (tertiary/aromatic N) is 1. The lowest BCUT2D eigenvalue weighted by Gasteiger charge is -2.21. The van der Waals surface area contributed by atoms with E-state index in [1.54, 1.807) is 17.0 Å². The molecule has 0 fully saturated rings. The standard InChI is InChI=1S/C20H25FN2O/c1-3-23(18-9-6-7-16(2)15-18)20(24)12-14-22-13-11-17-8-4-5-10-19(17)21/h4-10,15,22H,3,11-14H2,1-2H3. The molecule has 0 saturated heterocycles. The van der Waals surface area contributed by atoms with Crippen molar-refractivity contribution in [2.45, 2.75) is 26.7 Å². The molecule has 0 aliphatic rings. The van der Waals surface area contributed by atoms with Gasteiger partial charge in [0.25, 0.3) is 0 Å². The first-order chi connectivity index (χ1) is 11.6. The summed E-state index contributed by atoms with van der Waals surface area (Å²) in [5.41, 5.74) is 2.78. The van der Waals surface area contributed by atoms with Crippen molar-refractivity contribution in [2.75, 3.05) is 24.5 Å². The van der Waals surface area contributed by atoms with Crippen molar-refractivity contribution < 1.29 is 9.18 Å². The van der Waals surface area contributed by atoms with Gasteiger partial charge in [-0.3, -0.25) is 4.79 Å². The van der Waals surface area contributed by atoms with E-state index in [0.29, 0.717) is 38.0 Å². The first-order valence-corrected chi connectivity index (χ1v) is 8.43. The Bertz CT molecular complexity index is 672. The van der Waals surface area contributed by atoms with Crippen molar-refractivity contribution in [3.05, 3.63) is 65.5 Å². The normalized spacial score (nSPS) is 10.6. The molecule has 0 spiro atoms. The molecule has 0 aromatic heterocycles. The number of carbonyl (C=O) groups excluding carboxylic acids is 1. The van der Waals surface area contributed by atoms with E-state index < -0.39 is 0 Å². The van der Waals surface area contributed by atoms with E-state index >= 15 is 0 Å². The Labute approximate surface area is 143 Å². The minimum absolute atomic E-state index is 0.0986. The highest BCUT2D eigenvalue weighted by Crippen LogP contribution is 2.16. The molecule has 24 heavy (non-hydrogen) atoms. The maximum Gasteiger partial charge on any atom is 0.228 e. The lowest BCUT2D eigenvalue weighted by molar-refractivity contribution is -0.118. The summed E-state index contributed by atoms with van der Waals surface area (Å²) in [5, 5.41) is 3.22. The molecule has 2 aromatic carbocycles. The predicted octanol–water partition coefficient (Wildman–Crippen LogP) is 3.71. The number of rotatable bonds is 8. The van der Waals surface area contributed by atoms with Gasteiger partial charge in [0.15, 0.2) is 0 Å². The van der Waals surface area contributed by atoms with Gasteiger partial charge in [-0.25, -0.2) is 4.39 Å². The molecule has 0 atom stereocenters. The van der Waals surface area contributed by atoms with Crippen LogP contribution in [0.15, 0.2) is 48.5 Å². The molecule has 0 bridgehead atoms. The third-order valence-corrected chi connectivity index (χ3v) is 3.98. The van der Waals surface area contributed by atoms with E-state index in [-0.39, 0.29) is 11.7 Å². The minimum Gasteiger partial charge on any atom is -0.316 e. The summed E-state index contributed by atoms with van der Waals surface area (Å²) in [6.07, 6.45) is 1.05. The fourth-order valence-electron chi connectivity index (χ4n) is 2.68. The number of anilines is 1. The van der Waals surface area contributed by atoms with Crippen LogP contribution in [0, 0.1) is 12.7 Å². The van der Waals surface area contributed by atoms with Crippen LogP contribution in [-0.2, 0) is 11.2 Å². The van der Waals surface area contributed by atoms with Crippen LogP contribution < -0.4 is 10.2 Å². The van der Waals surface area contributed by atoms with Gasteiger partial charge in [0.1, 0.15) is 5.82 Å². The van der Waals surface area contributed by atoms with E-state index in [1.165, 1.54) is 6.07 Å². The minimum atomic E-state index is -0.174. The number of amides is 1. The second-order valence-electron chi connectivity index (χ2n) is 5.82. The summed E-state index contributed by atoms with van der Waals surface area (Å²) in [5.74, 6) is -0.0755. The van der Waals surface area contributed by atoms with Gasteiger partial charge in [-0.05, 0) is 56.1 Å². The largest absolute Gasteiger partial charge is 0.316 e. The molecule has 1 N–H and O–H groups in total. The first kappa shape index (κ1) is 18.1. The molecule has 0 unspecified atom stereocenters. The molecule has 0 saturated carbocycles. The van der Waals surface area contributed by atoms with Gasteiger partial charge in [-0.15, -0.1) is 0 Å². The smallest absolute Gasteiger partial charge is 0.228 e. The maximum atomic E-state index is 13.5. The van der Waals surface area contributed by atoms with Gasteiger partial charge in [-0.1, -0.05) is 30.3 Å². The Morgan fingerprint density at radius 2 is 1.92 bits per heavy atom. The number of carbonyl (C=O) groups is 1. The zero-order valence-corrected chi connectivity index (χ0v) is 14.4. The van der Waals surface area contributed by atoms with Crippen molar-refractivity contribution >= 4 is 11.6 Å². The Morgan fingerprint density at radius 1 is 1.12 bits per heavy atom. The molecule has 4 heteroatoms. The van der Waals surface area contributed by atoms with Crippen LogP contribution >= 0.6 is 0 Å². The highest BCUT2D eigenvalue weighted by Gasteiger charge is 2.13.